The van der Waals surface area contributed by atoms with Crippen molar-refractivity contribution in [1.29, 1.82) is 0 Å². The van der Waals surface area contributed by atoms with Crippen molar-refractivity contribution in [3.8, 4) is 5.88 Å². The fourth-order valence-electron chi connectivity index (χ4n) is 2.07. The van der Waals surface area contributed by atoms with Gasteiger partial charge in [-0.15, -0.1) is 0 Å². The number of alkyl halides is 1. The fourth-order valence-corrected chi connectivity index (χ4v) is 2.74. The minimum atomic E-state index is 0.557. The van der Waals surface area contributed by atoms with E-state index >= 15 is 0 Å². The number of methoxy groups -OCH3 is 1. The van der Waals surface area contributed by atoms with E-state index in [1.807, 2.05) is 6.92 Å². The quantitative estimate of drug-likeness (QED) is 0.781. The Morgan fingerprint density at radius 2 is 2.31 bits per heavy atom. The summed E-state index contributed by atoms with van der Waals surface area (Å²) in [7, 11) is 1.64. The first-order chi connectivity index (χ1) is 7.72. The van der Waals surface area contributed by atoms with Crippen molar-refractivity contribution < 1.29 is 4.74 Å². The van der Waals surface area contributed by atoms with E-state index in [9.17, 15) is 0 Å². The number of nitrogens with zero attached hydrogens (tertiary/aromatic N) is 3. The molecular formula is C11H16BrN3O. The first-order valence-corrected chi connectivity index (χ1v) is 6.38. The largest absolute Gasteiger partial charge is 0.481 e. The van der Waals surface area contributed by atoms with Crippen LogP contribution in [0.1, 0.15) is 18.4 Å². The number of hydrogen-bond donors (Lipinski definition) is 0. The van der Waals surface area contributed by atoms with Gasteiger partial charge in [-0.05, 0) is 19.8 Å². The maximum Gasteiger partial charge on any atom is 0.221 e. The van der Waals surface area contributed by atoms with Gasteiger partial charge in [-0.3, -0.25) is 0 Å². The van der Waals surface area contributed by atoms with Crippen LogP contribution >= 0.6 is 15.9 Å². The van der Waals surface area contributed by atoms with Crippen molar-refractivity contribution in [3.63, 3.8) is 0 Å². The van der Waals surface area contributed by atoms with Crippen LogP contribution in [-0.2, 0) is 0 Å². The number of aromatic nitrogens is 2. The van der Waals surface area contributed by atoms with Gasteiger partial charge < -0.3 is 9.64 Å². The standard InChI is InChI=1S/C11H16BrN3O/c1-8-10(13-7-14-11(8)16-2)15-5-3-4-9(12)6-15/h7,9H,3-6H2,1-2H3. The Labute approximate surface area is 104 Å². The summed E-state index contributed by atoms with van der Waals surface area (Å²) < 4.78 is 5.21. The first kappa shape index (κ1) is 11.6. The molecule has 1 atom stereocenters. The van der Waals surface area contributed by atoms with Crippen molar-refractivity contribution in [2.75, 3.05) is 25.1 Å². The Bertz CT molecular complexity index is 372. The molecule has 0 amide bonds. The van der Waals surface area contributed by atoms with Gasteiger partial charge in [-0.25, -0.2) is 9.97 Å². The van der Waals surface area contributed by atoms with Gasteiger partial charge in [0.2, 0.25) is 5.88 Å². The topological polar surface area (TPSA) is 38.3 Å². The van der Waals surface area contributed by atoms with Crippen molar-refractivity contribution in [2.45, 2.75) is 24.6 Å². The van der Waals surface area contributed by atoms with Gasteiger partial charge in [0.25, 0.3) is 0 Å². The third-order valence-electron chi connectivity index (χ3n) is 2.87. The number of halogens is 1. The molecule has 1 fully saturated rings. The average molecular weight is 286 g/mol. The van der Waals surface area contributed by atoms with E-state index in [0.29, 0.717) is 10.7 Å². The van der Waals surface area contributed by atoms with Gasteiger partial charge in [0.15, 0.2) is 0 Å². The lowest BCUT2D eigenvalue weighted by Crippen LogP contribution is -2.36. The molecule has 4 nitrogen and oxygen atoms in total. The average Bonchev–Trinajstić information content (AvgIpc) is 2.29. The van der Waals surface area contributed by atoms with E-state index in [2.05, 4.69) is 30.8 Å². The van der Waals surface area contributed by atoms with Crippen molar-refractivity contribution >= 4 is 21.7 Å². The van der Waals surface area contributed by atoms with Crippen LogP contribution in [0.2, 0.25) is 0 Å². The van der Waals surface area contributed by atoms with Gasteiger partial charge in [0.05, 0.1) is 12.7 Å². The Morgan fingerprint density at radius 3 is 3.00 bits per heavy atom. The lowest BCUT2D eigenvalue weighted by molar-refractivity contribution is 0.393. The lowest BCUT2D eigenvalue weighted by atomic mass is 10.1. The Balaban J connectivity index is 2.25. The molecule has 5 heteroatoms. The zero-order chi connectivity index (χ0) is 11.5. The molecule has 1 saturated heterocycles. The maximum atomic E-state index is 5.21. The highest BCUT2D eigenvalue weighted by Gasteiger charge is 2.21. The molecule has 1 aliphatic rings. The Kier molecular flexibility index (Phi) is 3.63. The number of ether oxygens (including phenoxy) is 1. The smallest absolute Gasteiger partial charge is 0.221 e. The summed E-state index contributed by atoms with van der Waals surface area (Å²) in [4.78, 5) is 11.3. The van der Waals surface area contributed by atoms with Crippen LogP contribution in [0.4, 0.5) is 5.82 Å². The number of rotatable bonds is 2. The minimum absolute atomic E-state index is 0.557. The normalized spacial score (nSPS) is 20.9. The van der Waals surface area contributed by atoms with Gasteiger partial charge in [-0.2, -0.15) is 0 Å². The van der Waals surface area contributed by atoms with Crippen LogP contribution in [0.25, 0.3) is 0 Å². The van der Waals surface area contributed by atoms with Crippen LogP contribution in [-0.4, -0.2) is 35.0 Å². The molecule has 1 aliphatic heterocycles. The molecule has 0 aromatic carbocycles. The molecule has 0 N–H and O–H groups in total. The van der Waals surface area contributed by atoms with E-state index < -0.39 is 0 Å². The van der Waals surface area contributed by atoms with Crippen molar-refractivity contribution in [3.05, 3.63) is 11.9 Å². The zero-order valence-electron chi connectivity index (χ0n) is 9.61. The van der Waals surface area contributed by atoms with E-state index in [0.717, 1.165) is 24.5 Å². The molecular weight excluding hydrogens is 270 g/mol. The van der Waals surface area contributed by atoms with Gasteiger partial charge in [0.1, 0.15) is 12.1 Å². The highest BCUT2D eigenvalue weighted by molar-refractivity contribution is 9.09. The van der Waals surface area contributed by atoms with Crippen molar-refractivity contribution in [1.82, 2.24) is 9.97 Å². The molecule has 0 saturated carbocycles. The predicted molar refractivity (Wildman–Crippen MR) is 67.5 cm³/mol. The molecule has 2 heterocycles. The molecule has 1 unspecified atom stereocenters. The molecule has 88 valence electrons. The lowest BCUT2D eigenvalue weighted by Gasteiger charge is -2.31. The van der Waals surface area contributed by atoms with Crippen LogP contribution in [0.3, 0.4) is 0 Å². The van der Waals surface area contributed by atoms with Crippen LogP contribution in [0.15, 0.2) is 6.33 Å². The highest BCUT2D eigenvalue weighted by Crippen LogP contribution is 2.27. The molecule has 0 bridgehead atoms. The molecule has 0 aliphatic carbocycles. The Hall–Kier alpha value is -0.840. The van der Waals surface area contributed by atoms with Gasteiger partial charge in [-0.1, -0.05) is 15.9 Å². The van der Waals surface area contributed by atoms with E-state index in [1.165, 1.54) is 12.8 Å². The molecule has 2 rings (SSSR count). The summed E-state index contributed by atoms with van der Waals surface area (Å²) in [5, 5.41) is 0. The summed E-state index contributed by atoms with van der Waals surface area (Å²) in [6, 6.07) is 0. The second-order valence-electron chi connectivity index (χ2n) is 4.02. The maximum absolute atomic E-state index is 5.21. The third kappa shape index (κ3) is 2.29. The van der Waals surface area contributed by atoms with Crippen molar-refractivity contribution in [2.24, 2.45) is 0 Å². The molecule has 1 aromatic rings. The highest BCUT2D eigenvalue weighted by atomic mass is 79.9. The van der Waals surface area contributed by atoms with E-state index in [1.54, 1.807) is 13.4 Å². The predicted octanol–water partition coefficient (Wildman–Crippen LogP) is 2.16. The van der Waals surface area contributed by atoms with Crippen LogP contribution in [0.5, 0.6) is 5.88 Å². The summed E-state index contributed by atoms with van der Waals surface area (Å²) in [5.74, 6) is 1.66. The third-order valence-corrected chi connectivity index (χ3v) is 3.62. The molecule has 0 spiro atoms. The summed E-state index contributed by atoms with van der Waals surface area (Å²) >= 11 is 3.67. The van der Waals surface area contributed by atoms with Gasteiger partial charge >= 0.3 is 0 Å². The number of anilines is 1. The van der Waals surface area contributed by atoms with Crippen LogP contribution < -0.4 is 9.64 Å². The summed E-state index contributed by atoms with van der Waals surface area (Å²) in [6.45, 7) is 4.07. The minimum Gasteiger partial charge on any atom is -0.481 e. The second-order valence-corrected chi connectivity index (χ2v) is 5.31. The second kappa shape index (κ2) is 4.99. The number of hydrogen-bond acceptors (Lipinski definition) is 4. The van der Waals surface area contributed by atoms with E-state index in [4.69, 9.17) is 4.74 Å². The molecule has 1 aromatic heterocycles. The Morgan fingerprint density at radius 1 is 1.50 bits per heavy atom. The fraction of sp³-hybridized carbons (Fsp3) is 0.636. The first-order valence-electron chi connectivity index (χ1n) is 5.47. The van der Waals surface area contributed by atoms with Gasteiger partial charge in [0, 0.05) is 17.9 Å². The number of piperidine rings is 1. The zero-order valence-corrected chi connectivity index (χ0v) is 11.2. The SMILES string of the molecule is COc1ncnc(N2CCCC(Br)C2)c1C. The summed E-state index contributed by atoms with van der Waals surface area (Å²) in [5.41, 5.74) is 1.02. The molecule has 16 heavy (non-hydrogen) atoms. The monoisotopic (exact) mass is 285 g/mol. The summed E-state index contributed by atoms with van der Waals surface area (Å²) in [6.07, 6.45) is 4.00. The van der Waals surface area contributed by atoms with E-state index in [-0.39, 0.29) is 0 Å². The van der Waals surface area contributed by atoms with Crippen LogP contribution in [0, 0.1) is 6.92 Å². The molecule has 0 radical (unpaired) electrons.